The molecule has 0 saturated heterocycles. The number of thiazole rings is 1. The van der Waals surface area contributed by atoms with Gasteiger partial charge < -0.3 is 54.2 Å². The van der Waals surface area contributed by atoms with E-state index in [4.69, 9.17) is 22.9 Å². The first-order valence-electron chi connectivity index (χ1n) is 15.2. The quantitative estimate of drug-likeness (QED) is 0.0326. The number of rotatable bonds is 18. The Hall–Kier alpha value is -5.98. The molecule has 3 aromatic heterocycles. The molecule has 49 heavy (non-hydrogen) atoms. The SMILES string of the molecule is NC(=O)N[C@@H](Cc1cnc[nH]1)C(=O)NC(Cc1cscn1)C(=O)N[C@@H](CCCN=C(N)N)C(=O)N[C@@H](Cc1c[nH]c2ccccc12)C(N)=O. The summed E-state index contributed by atoms with van der Waals surface area (Å²) in [5.74, 6) is -3.05. The van der Waals surface area contributed by atoms with Crippen molar-refractivity contribution in [1.29, 1.82) is 0 Å². The van der Waals surface area contributed by atoms with Gasteiger partial charge in [0.15, 0.2) is 5.96 Å². The lowest BCUT2D eigenvalue weighted by Crippen LogP contribution is -2.59. The third-order valence-electron chi connectivity index (χ3n) is 7.48. The van der Waals surface area contributed by atoms with Crippen molar-refractivity contribution in [3.63, 3.8) is 0 Å². The van der Waals surface area contributed by atoms with Crippen LogP contribution in [-0.4, -0.2) is 86.3 Å². The van der Waals surface area contributed by atoms with E-state index < -0.39 is 53.8 Å². The topological polar surface area (TPSA) is 307 Å². The summed E-state index contributed by atoms with van der Waals surface area (Å²) < 4.78 is 0. The Balaban J connectivity index is 1.53. The molecule has 19 heteroatoms. The Morgan fingerprint density at radius 1 is 0.837 bits per heavy atom. The molecule has 14 N–H and O–H groups in total. The summed E-state index contributed by atoms with van der Waals surface area (Å²) in [5, 5.41) is 13.0. The van der Waals surface area contributed by atoms with Crippen LogP contribution in [0.3, 0.4) is 0 Å². The number of benzene rings is 1. The number of aliphatic imine (C=N–C) groups is 1. The summed E-state index contributed by atoms with van der Waals surface area (Å²) in [7, 11) is 0. The number of fused-ring (bicyclic) bond motifs is 1. The zero-order valence-electron chi connectivity index (χ0n) is 26.3. The molecule has 4 rings (SSSR count). The number of urea groups is 1. The first-order valence-corrected chi connectivity index (χ1v) is 16.2. The molecule has 1 unspecified atom stereocenters. The van der Waals surface area contributed by atoms with Gasteiger partial charge in [-0.15, -0.1) is 11.3 Å². The minimum Gasteiger partial charge on any atom is -0.370 e. The maximum atomic E-state index is 13.8. The zero-order valence-corrected chi connectivity index (χ0v) is 27.2. The number of imidazole rings is 1. The van der Waals surface area contributed by atoms with Crippen molar-refractivity contribution in [1.82, 2.24) is 41.2 Å². The van der Waals surface area contributed by atoms with E-state index in [1.807, 2.05) is 24.3 Å². The molecule has 3 heterocycles. The maximum Gasteiger partial charge on any atom is 0.312 e. The van der Waals surface area contributed by atoms with Crippen LogP contribution in [0.4, 0.5) is 4.79 Å². The number of nitrogens with zero attached hydrogens (tertiary/aromatic N) is 3. The van der Waals surface area contributed by atoms with Crippen molar-refractivity contribution in [2.24, 2.45) is 27.9 Å². The molecule has 0 aliphatic carbocycles. The summed E-state index contributed by atoms with van der Waals surface area (Å²) in [6, 6.07) is 1.82. The van der Waals surface area contributed by atoms with Crippen LogP contribution in [0.15, 0.2) is 58.9 Å². The lowest BCUT2D eigenvalue weighted by atomic mass is 10.0. The molecule has 4 aromatic rings. The molecule has 0 fully saturated rings. The predicted molar refractivity (Wildman–Crippen MR) is 182 cm³/mol. The Morgan fingerprint density at radius 2 is 1.53 bits per heavy atom. The van der Waals surface area contributed by atoms with Crippen molar-refractivity contribution in [2.75, 3.05) is 6.54 Å². The van der Waals surface area contributed by atoms with Crippen LogP contribution < -0.4 is 44.2 Å². The molecule has 18 nitrogen and oxygen atoms in total. The Morgan fingerprint density at radius 3 is 2.18 bits per heavy atom. The van der Waals surface area contributed by atoms with E-state index in [2.05, 4.69) is 46.2 Å². The third kappa shape index (κ3) is 10.8. The molecule has 0 spiro atoms. The van der Waals surface area contributed by atoms with E-state index in [1.54, 1.807) is 17.1 Å². The molecule has 0 aliphatic heterocycles. The van der Waals surface area contributed by atoms with Gasteiger partial charge in [-0.3, -0.25) is 24.2 Å². The van der Waals surface area contributed by atoms with Crippen LogP contribution in [0.25, 0.3) is 10.9 Å². The van der Waals surface area contributed by atoms with Crippen LogP contribution in [0.1, 0.15) is 29.8 Å². The van der Waals surface area contributed by atoms with Crippen LogP contribution in [0.5, 0.6) is 0 Å². The minimum absolute atomic E-state index is 0.000566. The predicted octanol–water partition coefficient (Wildman–Crippen LogP) is -1.59. The molecule has 0 aliphatic rings. The number of amides is 6. The fourth-order valence-corrected chi connectivity index (χ4v) is 5.66. The molecule has 0 bridgehead atoms. The Bertz CT molecular complexity index is 1750. The average molecular weight is 694 g/mol. The van der Waals surface area contributed by atoms with E-state index >= 15 is 0 Å². The van der Waals surface area contributed by atoms with Gasteiger partial charge in [-0.05, 0) is 24.5 Å². The number of carbonyl (C=O) groups excluding carboxylic acids is 5. The number of nitrogens with two attached hydrogens (primary N) is 4. The number of primary amides is 2. The number of para-hydroxylation sites is 1. The van der Waals surface area contributed by atoms with Gasteiger partial charge in [0, 0.05) is 60.2 Å². The monoisotopic (exact) mass is 693 g/mol. The van der Waals surface area contributed by atoms with Gasteiger partial charge in [0.25, 0.3) is 0 Å². The van der Waals surface area contributed by atoms with Crippen molar-refractivity contribution in [3.8, 4) is 0 Å². The molecular formula is C30H39N13O5S. The van der Waals surface area contributed by atoms with Gasteiger partial charge >= 0.3 is 6.03 Å². The summed E-state index contributed by atoms with van der Waals surface area (Å²) >= 11 is 1.29. The van der Waals surface area contributed by atoms with Crippen molar-refractivity contribution in [2.45, 2.75) is 56.3 Å². The summed E-state index contributed by atoms with van der Waals surface area (Å²) in [4.78, 5) is 83.2. The molecule has 1 aromatic carbocycles. The highest BCUT2D eigenvalue weighted by molar-refractivity contribution is 7.07. The third-order valence-corrected chi connectivity index (χ3v) is 8.11. The zero-order chi connectivity index (χ0) is 35.3. The van der Waals surface area contributed by atoms with Gasteiger partial charge in [-0.25, -0.2) is 14.8 Å². The second-order valence-electron chi connectivity index (χ2n) is 11.1. The maximum absolute atomic E-state index is 13.8. The van der Waals surface area contributed by atoms with Crippen molar-refractivity contribution < 1.29 is 24.0 Å². The normalized spacial score (nSPS) is 13.4. The smallest absolute Gasteiger partial charge is 0.312 e. The summed E-state index contributed by atoms with van der Waals surface area (Å²) in [6.07, 6.45) is 5.02. The van der Waals surface area contributed by atoms with Gasteiger partial charge in [-0.1, -0.05) is 18.2 Å². The molecule has 4 atom stereocenters. The number of H-pyrrole nitrogens is 2. The number of aromatic amines is 2. The van der Waals surface area contributed by atoms with Crippen LogP contribution >= 0.6 is 11.3 Å². The van der Waals surface area contributed by atoms with Crippen molar-refractivity contribution in [3.05, 3.63) is 70.8 Å². The Kier molecular flexibility index (Phi) is 12.6. The van der Waals surface area contributed by atoms with Gasteiger partial charge in [0.2, 0.25) is 23.6 Å². The molecule has 6 amide bonds. The number of nitrogens with one attached hydrogen (secondary N) is 6. The molecular weight excluding hydrogens is 654 g/mol. The van der Waals surface area contributed by atoms with Crippen LogP contribution in [-0.2, 0) is 38.4 Å². The molecule has 260 valence electrons. The van der Waals surface area contributed by atoms with Gasteiger partial charge in [0.05, 0.1) is 17.5 Å². The fourth-order valence-electron chi connectivity index (χ4n) is 5.09. The van der Waals surface area contributed by atoms with Crippen molar-refractivity contribution >= 4 is 57.9 Å². The minimum atomic E-state index is -1.24. The lowest BCUT2D eigenvalue weighted by Gasteiger charge is -2.26. The van der Waals surface area contributed by atoms with E-state index in [0.29, 0.717) is 11.4 Å². The second-order valence-corrected chi connectivity index (χ2v) is 11.8. The number of guanidine groups is 1. The highest BCUT2D eigenvalue weighted by atomic mass is 32.1. The van der Waals surface area contributed by atoms with E-state index in [-0.39, 0.29) is 44.6 Å². The van der Waals surface area contributed by atoms with E-state index in [9.17, 15) is 24.0 Å². The second kappa shape index (κ2) is 17.3. The average Bonchev–Trinajstić information content (AvgIpc) is 3.84. The number of hydrogen-bond donors (Lipinski definition) is 10. The molecule has 0 saturated carbocycles. The van der Waals surface area contributed by atoms with Gasteiger partial charge in [-0.2, -0.15) is 0 Å². The first-order chi connectivity index (χ1) is 23.5. The lowest BCUT2D eigenvalue weighted by molar-refractivity contribution is -0.133. The highest BCUT2D eigenvalue weighted by Gasteiger charge is 2.32. The largest absolute Gasteiger partial charge is 0.370 e. The number of carbonyl (C=O) groups is 5. The summed E-state index contributed by atoms with van der Waals surface area (Å²) in [6.45, 7) is 0.156. The van der Waals surface area contributed by atoms with Crippen LogP contribution in [0.2, 0.25) is 0 Å². The molecule has 0 radical (unpaired) electrons. The first kappa shape index (κ1) is 35.9. The Labute approximate surface area is 284 Å². The number of hydrogen-bond acceptors (Lipinski definition) is 9. The standard InChI is InChI=1S/C30H39N13O5S/c31-25(44)22(8-16-11-37-20-5-2-1-4-19(16)20)41-26(45)21(6-3-7-36-29(32)33)40-27(46)23(10-18-13-49-15-39-18)42-28(47)24(43-30(34)48)9-17-12-35-14-38-17/h1-2,4-5,11-15,21-24,37H,3,6-10H2,(H2,31,44)(H,35,38)(H,40,46)(H,41,45)(H,42,47)(H4,32,33,36)(H3,34,43,48)/t21-,22-,23?,24-/m0/s1. The van der Waals surface area contributed by atoms with Crippen LogP contribution in [0, 0.1) is 0 Å². The number of aromatic nitrogens is 4. The van der Waals surface area contributed by atoms with E-state index in [1.165, 1.54) is 23.9 Å². The summed E-state index contributed by atoms with van der Waals surface area (Å²) in [5.41, 5.74) is 26.1. The highest BCUT2D eigenvalue weighted by Crippen LogP contribution is 2.19. The fraction of sp³-hybridized carbons (Fsp3) is 0.333. The van der Waals surface area contributed by atoms with Gasteiger partial charge in [0.1, 0.15) is 24.2 Å². The van der Waals surface area contributed by atoms with E-state index in [0.717, 1.165) is 16.5 Å².